The highest BCUT2D eigenvalue weighted by atomic mass is 32.2. The summed E-state index contributed by atoms with van der Waals surface area (Å²) in [7, 11) is 0. The van der Waals surface area contributed by atoms with Gasteiger partial charge in [0.2, 0.25) is 11.8 Å². The quantitative estimate of drug-likeness (QED) is 0.523. The lowest BCUT2D eigenvalue weighted by Gasteiger charge is -2.26. The average Bonchev–Trinajstić information content (AvgIpc) is 2.74. The van der Waals surface area contributed by atoms with Crippen molar-refractivity contribution in [2.75, 3.05) is 18.1 Å². The third kappa shape index (κ3) is 8.05. The molecule has 2 rings (SSSR count). The predicted molar refractivity (Wildman–Crippen MR) is 121 cm³/mol. The Morgan fingerprint density at radius 2 is 2.10 bits per heavy atom. The molecule has 0 fully saturated rings. The zero-order valence-electron chi connectivity index (χ0n) is 18.1. The van der Waals surface area contributed by atoms with Crippen molar-refractivity contribution in [2.45, 2.75) is 38.9 Å². The molecule has 0 saturated carbocycles. The molecule has 0 aliphatic carbocycles. The van der Waals surface area contributed by atoms with E-state index in [0.29, 0.717) is 12.3 Å². The summed E-state index contributed by atoms with van der Waals surface area (Å²) in [6.45, 7) is 10.1. The summed E-state index contributed by atoms with van der Waals surface area (Å²) >= 11 is 1.55. The minimum absolute atomic E-state index is 0.120. The van der Waals surface area contributed by atoms with E-state index >= 15 is 0 Å². The number of allylic oxidation sites excluding steroid dienone is 1. The van der Waals surface area contributed by atoms with Gasteiger partial charge < -0.3 is 21.3 Å². The second-order valence-corrected chi connectivity index (χ2v) is 8.68. The van der Waals surface area contributed by atoms with Crippen LogP contribution in [0.2, 0.25) is 0 Å². The SMILES string of the molecule is C=C1/C=C/[C@H](C)NC(=O)[C@@H](NC(=O)C(NC(=O)c2cnccn2)C(C)C)CSCCN1. The first-order valence-electron chi connectivity index (χ1n) is 10.1. The molecule has 0 spiro atoms. The average molecular weight is 447 g/mol. The number of aromatic nitrogens is 2. The molecule has 1 unspecified atom stereocenters. The maximum absolute atomic E-state index is 13.0. The van der Waals surface area contributed by atoms with Crippen molar-refractivity contribution in [1.29, 1.82) is 0 Å². The number of carbonyl (C=O) groups is 3. The fraction of sp³-hybridized carbons (Fsp3) is 0.476. The van der Waals surface area contributed by atoms with Crippen molar-refractivity contribution < 1.29 is 14.4 Å². The zero-order valence-corrected chi connectivity index (χ0v) is 18.9. The van der Waals surface area contributed by atoms with Crippen LogP contribution in [-0.2, 0) is 9.59 Å². The minimum Gasteiger partial charge on any atom is -0.385 e. The lowest BCUT2D eigenvalue weighted by molar-refractivity contribution is -0.130. The van der Waals surface area contributed by atoms with Crippen LogP contribution in [-0.4, -0.2) is 63.9 Å². The molecule has 1 aromatic rings. The molecular weight excluding hydrogens is 416 g/mol. The van der Waals surface area contributed by atoms with Gasteiger partial charge in [-0.1, -0.05) is 26.5 Å². The number of hydrogen-bond acceptors (Lipinski definition) is 7. The minimum atomic E-state index is -0.823. The normalized spacial score (nSPS) is 22.2. The van der Waals surface area contributed by atoms with Gasteiger partial charge in [0.05, 0.1) is 6.20 Å². The smallest absolute Gasteiger partial charge is 0.272 e. The lowest BCUT2D eigenvalue weighted by Crippen LogP contribution is -2.57. The Morgan fingerprint density at radius 3 is 2.77 bits per heavy atom. The molecule has 31 heavy (non-hydrogen) atoms. The van der Waals surface area contributed by atoms with Crippen LogP contribution in [0.25, 0.3) is 0 Å². The van der Waals surface area contributed by atoms with Gasteiger partial charge >= 0.3 is 0 Å². The Bertz CT molecular complexity index is 815. The molecule has 0 bridgehead atoms. The van der Waals surface area contributed by atoms with E-state index in [-0.39, 0.29) is 23.6 Å². The van der Waals surface area contributed by atoms with Gasteiger partial charge in [-0.25, -0.2) is 4.98 Å². The summed E-state index contributed by atoms with van der Waals surface area (Å²) in [6.07, 6.45) is 7.86. The summed E-state index contributed by atoms with van der Waals surface area (Å²) in [5.41, 5.74) is 0.903. The van der Waals surface area contributed by atoms with Gasteiger partial charge in [-0.2, -0.15) is 11.8 Å². The molecule has 3 amide bonds. The second-order valence-electron chi connectivity index (χ2n) is 7.53. The fourth-order valence-electron chi connectivity index (χ4n) is 2.79. The second kappa shape index (κ2) is 12.1. The first kappa shape index (κ1) is 24.4. The summed E-state index contributed by atoms with van der Waals surface area (Å²) in [4.78, 5) is 46.0. The number of nitrogens with zero attached hydrogens (tertiary/aromatic N) is 2. The Kier molecular flexibility index (Phi) is 9.51. The molecule has 3 atom stereocenters. The van der Waals surface area contributed by atoms with E-state index in [1.54, 1.807) is 11.8 Å². The zero-order chi connectivity index (χ0) is 22.8. The largest absolute Gasteiger partial charge is 0.385 e. The molecule has 168 valence electrons. The van der Waals surface area contributed by atoms with Crippen molar-refractivity contribution >= 4 is 29.5 Å². The van der Waals surface area contributed by atoms with Crippen LogP contribution in [0, 0.1) is 5.92 Å². The molecule has 0 saturated heterocycles. The van der Waals surface area contributed by atoms with Crippen LogP contribution in [0.1, 0.15) is 31.3 Å². The molecule has 2 heterocycles. The number of thioether (sulfide) groups is 1. The third-order valence-corrected chi connectivity index (χ3v) is 5.57. The molecule has 1 aromatic heterocycles. The van der Waals surface area contributed by atoms with Crippen molar-refractivity contribution in [3.05, 3.63) is 48.7 Å². The summed E-state index contributed by atoms with van der Waals surface area (Å²) < 4.78 is 0. The summed E-state index contributed by atoms with van der Waals surface area (Å²) in [5, 5.41) is 11.6. The molecule has 10 heteroatoms. The van der Waals surface area contributed by atoms with Gasteiger partial charge in [0.25, 0.3) is 5.91 Å². The van der Waals surface area contributed by atoms with Gasteiger partial charge in [-0.05, 0) is 18.9 Å². The molecular formula is C21H30N6O3S. The Hall–Kier alpha value is -2.88. The highest BCUT2D eigenvalue weighted by Gasteiger charge is 2.29. The molecule has 0 aromatic carbocycles. The van der Waals surface area contributed by atoms with Crippen LogP contribution in [0.15, 0.2) is 43.0 Å². The molecule has 1 aliphatic rings. The lowest BCUT2D eigenvalue weighted by atomic mass is 10.0. The first-order valence-corrected chi connectivity index (χ1v) is 11.3. The molecule has 4 N–H and O–H groups in total. The van der Waals surface area contributed by atoms with Gasteiger partial charge in [-0.3, -0.25) is 19.4 Å². The molecule has 0 radical (unpaired) electrons. The van der Waals surface area contributed by atoms with E-state index in [1.165, 1.54) is 18.6 Å². The van der Waals surface area contributed by atoms with Gasteiger partial charge in [-0.15, -0.1) is 0 Å². The van der Waals surface area contributed by atoms with Crippen molar-refractivity contribution in [3.8, 4) is 0 Å². The Morgan fingerprint density at radius 1 is 1.32 bits per heavy atom. The number of amides is 3. The maximum Gasteiger partial charge on any atom is 0.272 e. The topological polar surface area (TPSA) is 125 Å². The van der Waals surface area contributed by atoms with Crippen LogP contribution in [0.4, 0.5) is 0 Å². The number of hydrogen-bond donors (Lipinski definition) is 4. The number of rotatable bonds is 5. The first-order chi connectivity index (χ1) is 14.8. The monoisotopic (exact) mass is 446 g/mol. The molecule has 9 nitrogen and oxygen atoms in total. The fourth-order valence-corrected chi connectivity index (χ4v) is 3.67. The standard InChI is InChI=1S/C21H30N6O3S/c1-13(2)18(27-19(28)16-11-22-7-8-24-16)21(30)26-17-12-31-10-9-23-14(3)5-6-15(4)25-20(17)29/h5-8,11,13,15,17-18,23H,3,9-10,12H2,1-2,4H3,(H,25,29)(H,26,30)(H,27,28)/b6-5+/t15-,17-,18?/m0/s1. The van der Waals surface area contributed by atoms with E-state index in [9.17, 15) is 14.4 Å². The van der Waals surface area contributed by atoms with E-state index in [2.05, 4.69) is 37.8 Å². The maximum atomic E-state index is 13.0. The van der Waals surface area contributed by atoms with Crippen LogP contribution < -0.4 is 21.3 Å². The van der Waals surface area contributed by atoms with Crippen LogP contribution >= 0.6 is 11.8 Å². The van der Waals surface area contributed by atoms with Gasteiger partial charge in [0.1, 0.15) is 17.8 Å². The third-order valence-electron chi connectivity index (χ3n) is 4.50. The van der Waals surface area contributed by atoms with E-state index in [1.807, 2.05) is 32.9 Å². The predicted octanol–water partition coefficient (Wildman–Crippen LogP) is 0.627. The highest BCUT2D eigenvalue weighted by Crippen LogP contribution is 2.08. The van der Waals surface area contributed by atoms with Crippen molar-refractivity contribution in [1.82, 2.24) is 31.2 Å². The van der Waals surface area contributed by atoms with Crippen molar-refractivity contribution in [2.24, 2.45) is 5.92 Å². The molecule has 1 aliphatic heterocycles. The number of nitrogens with one attached hydrogen (secondary N) is 4. The van der Waals surface area contributed by atoms with E-state index in [4.69, 9.17) is 0 Å². The summed E-state index contributed by atoms with van der Waals surface area (Å²) in [5.74, 6) is -0.233. The number of carbonyl (C=O) groups excluding carboxylic acids is 3. The van der Waals surface area contributed by atoms with E-state index in [0.717, 1.165) is 11.4 Å². The van der Waals surface area contributed by atoms with E-state index < -0.39 is 23.9 Å². The Balaban J connectivity index is 2.08. The van der Waals surface area contributed by atoms with Crippen LogP contribution in [0.3, 0.4) is 0 Å². The van der Waals surface area contributed by atoms with Gasteiger partial charge in [0.15, 0.2) is 0 Å². The van der Waals surface area contributed by atoms with Gasteiger partial charge in [0, 0.05) is 42.2 Å². The van der Waals surface area contributed by atoms with Crippen molar-refractivity contribution in [3.63, 3.8) is 0 Å². The summed E-state index contributed by atoms with van der Waals surface area (Å²) in [6, 6.07) is -1.78. The van der Waals surface area contributed by atoms with Crippen LogP contribution in [0.5, 0.6) is 0 Å². The Labute approximate surface area is 186 Å². The highest BCUT2D eigenvalue weighted by molar-refractivity contribution is 7.99.